The highest BCUT2D eigenvalue weighted by molar-refractivity contribution is 5.64. The zero-order valence-corrected chi connectivity index (χ0v) is 10.8. The average Bonchev–Trinajstić information content (AvgIpc) is 2.30. The first-order chi connectivity index (χ1) is 8.60. The van der Waals surface area contributed by atoms with E-state index in [4.69, 9.17) is 0 Å². The molecule has 0 unspecified atom stereocenters. The number of nitrogens with zero attached hydrogens (tertiary/aromatic N) is 2. The first-order valence-corrected chi connectivity index (χ1v) is 5.95. The summed E-state index contributed by atoms with van der Waals surface area (Å²) in [5.41, 5.74) is 3.37. The van der Waals surface area contributed by atoms with Gasteiger partial charge in [0.1, 0.15) is 5.82 Å². The number of anilines is 1. The van der Waals surface area contributed by atoms with E-state index in [0.717, 1.165) is 28.9 Å². The Balaban J connectivity index is 2.51. The van der Waals surface area contributed by atoms with Gasteiger partial charge in [0.05, 0.1) is 5.69 Å². The summed E-state index contributed by atoms with van der Waals surface area (Å²) < 4.78 is 13.4. The van der Waals surface area contributed by atoms with Gasteiger partial charge in [-0.05, 0) is 50.1 Å². The van der Waals surface area contributed by atoms with Gasteiger partial charge in [0.2, 0.25) is 5.95 Å². The standard InChI is InChI=1S/C14H16FN3/c1-4-16-14-17-8-10(3)13(18-14)11-5-9(2)6-12(15)7-11/h5-8H,4H2,1-3H3,(H,16,17,18). The summed E-state index contributed by atoms with van der Waals surface area (Å²) >= 11 is 0. The van der Waals surface area contributed by atoms with Crippen molar-refractivity contribution in [1.82, 2.24) is 9.97 Å². The van der Waals surface area contributed by atoms with Crippen LogP contribution in [0.15, 0.2) is 24.4 Å². The summed E-state index contributed by atoms with van der Waals surface area (Å²) in [6.45, 7) is 6.53. The van der Waals surface area contributed by atoms with E-state index in [1.807, 2.05) is 26.8 Å². The maximum atomic E-state index is 13.4. The van der Waals surface area contributed by atoms with Gasteiger partial charge in [-0.2, -0.15) is 0 Å². The quantitative estimate of drug-likeness (QED) is 0.901. The predicted molar refractivity (Wildman–Crippen MR) is 71.1 cm³/mol. The van der Waals surface area contributed by atoms with Gasteiger partial charge in [-0.3, -0.25) is 0 Å². The van der Waals surface area contributed by atoms with Gasteiger partial charge in [-0.1, -0.05) is 0 Å². The van der Waals surface area contributed by atoms with Crippen molar-refractivity contribution in [1.29, 1.82) is 0 Å². The molecule has 18 heavy (non-hydrogen) atoms. The van der Waals surface area contributed by atoms with Crippen molar-refractivity contribution in [3.63, 3.8) is 0 Å². The highest BCUT2D eigenvalue weighted by atomic mass is 19.1. The molecule has 0 saturated heterocycles. The van der Waals surface area contributed by atoms with Gasteiger partial charge in [0, 0.05) is 18.3 Å². The van der Waals surface area contributed by atoms with E-state index >= 15 is 0 Å². The minimum Gasteiger partial charge on any atom is -0.354 e. The second-order valence-electron chi connectivity index (χ2n) is 4.27. The number of halogens is 1. The summed E-state index contributed by atoms with van der Waals surface area (Å²) in [5, 5.41) is 3.06. The van der Waals surface area contributed by atoms with E-state index in [1.165, 1.54) is 12.1 Å². The van der Waals surface area contributed by atoms with Gasteiger partial charge in [0.15, 0.2) is 0 Å². The number of rotatable bonds is 3. The third-order valence-corrected chi connectivity index (χ3v) is 2.62. The predicted octanol–water partition coefficient (Wildman–Crippen LogP) is 3.33. The summed E-state index contributed by atoms with van der Waals surface area (Å²) in [4.78, 5) is 8.61. The molecule has 3 nitrogen and oxygen atoms in total. The summed E-state index contributed by atoms with van der Waals surface area (Å²) in [6, 6.07) is 4.93. The van der Waals surface area contributed by atoms with E-state index in [2.05, 4.69) is 15.3 Å². The van der Waals surface area contributed by atoms with Crippen LogP contribution < -0.4 is 5.32 Å². The minimum atomic E-state index is -0.243. The van der Waals surface area contributed by atoms with Crippen molar-refractivity contribution >= 4 is 5.95 Å². The monoisotopic (exact) mass is 245 g/mol. The molecule has 2 rings (SSSR count). The summed E-state index contributed by atoms with van der Waals surface area (Å²) in [6.07, 6.45) is 1.75. The first kappa shape index (κ1) is 12.5. The molecular weight excluding hydrogens is 229 g/mol. The molecule has 0 saturated carbocycles. The fourth-order valence-electron chi connectivity index (χ4n) is 1.85. The topological polar surface area (TPSA) is 37.8 Å². The van der Waals surface area contributed by atoms with Crippen LogP contribution in [0, 0.1) is 19.7 Å². The van der Waals surface area contributed by atoms with Crippen molar-refractivity contribution in [2.24, 2.45) is 0 Å². The van der Waals surface area contributed by atoms with Crippen LogP contribution in [0.3, 0.4) is 0 Å². The van der Waals surface area contributed by atoms with Gasteiger partial charge in [0.25, 0.3) is 0 Å². The van der Waals surface area contributed by atoms with Crippen molar-refractivity contribution < 1.29 is 4.39 Å². The van der Waals surface area contributed by atoms with E-state index in [9.17, 15) is 4.39 Å². The lowest BCUT2D eigenvalue weighted by atomic mass is 10.1. The van der Waals surface area contributed by atoms with Crippen LogP contribution in [-0.2, 0) is 0 Å². The van der Waals surface area contributed by atoms with Crippen molar-refractivity contribution in [2.45, 2.75) is 20.8 Å². The highest BCUT2D eigenvalue weighted by Crippen LogP contribution is 2.23. The zero-order chi connectivity index (χ0) is 13.1. The molecule has 1 N–H and O–H groups in total. The third kappa shape index (κ3) is 2.64. The molecule has 0 fully saturated rings. The third-order valence-electron chi connectivity index (χ3n) is 2.62. The van der Waals surface area contributed by atoms with Crippen LogP contribution in [-0.4, -0.2) is 16.5 Å². The maximum Gasteiger partial charge on any atom is 0.223 e. The number of hydrogen-bond acceptors (Lipinski definition) is 3. The fourth-order valence-corrected chi connectivity index (χ4v) is 1.85. The first-order valence-electron chi connectivity index (χ1n) is 5.95. The SMILES string of the molecule is CCNc1ncc(C)c(-c2cc(C)cc(F)c2)n1. The Hall–Kier alpha value is -1.97. The second-order valence-corrected chi connectivity index (χ2v) is 4.27. The van der Waals surface area contributed by atoms with E-state index in [-0.39, 0.29) is 5.82 Å². The Morgan fingerprint density at radius 2 is 2.00 bits per heavy atom. The van der Waals surface area contributed by atoms with E-state index < -0.39 is 0 Å². The Labute approximate surface area is 106 Å². The normalized spacial score (nSPS) is 10.4. The van der Waals surface area contributed by atoms with Crippen LogP contribution in [0.5, 0.6) is 0 Å². The molecule has 1 aromatic heterocycles. The Kier molecular flexibility index (Phi) is 3.55. The van der Waals surface area contributed by atoms with Gasteiger partial charge < -0.3 is 5.32 Å². The van der Waals surface area contributed by atoms with Crippen molar-refractivity contribution in [3.05, 3.63) is 41.3 Å². The van der Waals surface area contributed by atoms with Crippen LogP contribution in [0.25, 0.3) is 11.3 Å². The van der Waals surface area contributed by atoms with Crippen LogP contribution in [0.4, 0.5) is 10.3 Å². The molecule has 1 heterocycles. The molecule has 0 radical (unpaired) electrons. The molecule has 0 bridgehead atoms. The molecule has 0 amide bonds. The molecule has 1 aromatic carbocycles. The summed E-state index contributed by atoms with van der Waals surface area (Å²) in [5.74, 6) is 0.327. The van der Waals surface area contributed by atoms with Gasteiger partial charge in [-0.25, -0.2) is 14.4 Å². The summed E-state index contributed by atoms with van der Waals surface area (Å²) in [7, 11) is 0. The molecular formula is C14H16FN3. The molecule has 0 aliphatic rings. The largest absolute Gasteiger partial charge is 0.354 e. The van der Waals surface area contributed by atoms with Crippen LogP contribution in [0.2, 0.25) is 0 Å². The highest BCUT2D eigenvalue weighted by Gasteiger charge is 2.08. The second kappa shape index (κ2) is 5.12. The Bertz CT molecular complexity index is 547. The molecule has 0 atom stereocenters. The lowest BCUT2D eigenvalue weighted by molar-refractivity contribution is 0.627. The molecule has 0 spiro atoms. The molecule has 94 valence electrons. The van der Waals surface area contributed by atoms with Crippen LogP contribution >= 0.6 is 0 Å². The molecule has 0 aliphatic carbocycles. The lowest BCUT2D eigenvalue weighted by Crippen LogP contribution is -2.03. The number of benzene rings is 1. The lowest BCUT2D eigenvalue weighted by Gasteiger charge is -2.09. The molecule has 4 heteroatoms. The number of hydrogen-bond donors (Lipinski definition) is 1. The van der Waals surface area contributed by atoms with Crippen LogP contribution in [0.1, 0.15) is 18.1 Å². The minimum absolute atomic E-state index is 0.243. The van der Waals surface area contributed by atoms with E-state index in [1.54, 1.807) is 6.20 Å². The molecule has 0 aliphatic heterocycles. The number of aromatic nitrogens is 2. The van der Waals surface area contributed by atoms with Crippen molar-refractivity contribution in [2.75, 3.05) is 11.9 Å². The van der Waals surface area contributed by atoms with Crippen molar-refractivity contribution in [3.8, 4) is 11.3 Å². The average molecular weight is 245 g/mol. The van der Waals surface area contributed by atoms with Gasteiger partial charge in [-0.15, -0.1) is 0 Å². The maximum absolute atomic E-state index is 13.4. The zero-order valence-electron chi connectivity index (χ0n) is 10.8. The smallest absolute Gasteiger partial charge is 0.223 e. The Morgan fingerprint density at radius 3 is 2.67 bits per heavy atom. The number of aryl methyl sites for hydroxylation is 2. The van der Waals surface area contributed by atoms with Gasteiger partial charge >= 0.3 is 0 Å². The number of nitrogens with one attached hydrogen (secondary N) is 1. The van der Waals surface area contributed by atoms with E-state index in [0.29, 0.717) is 5.95 Å². The fraction of sp³-hybridized carbons (Fsp3) is 0.286. The molecule has 2 aromatic rings. The Morgan fingerprint density at radius 1 is 1.22 bits per heavy atom.